The van der Waals surface area contributed by atoms with Gasteiger partial charge in [-0.3, -0.25) is 14.6 Å². The predicted octanol–water partition coefficient (Wildman–Crippen LogP) is 5.97. The van der Waals surface area contributed by atoms with Crippen molar-refractivity contribution in [2.75, 3.05) is 27.3 Å². The fraction of sp³-hybridized carbons (Fsp3) is 0.463. The van der Waals surface area contributed by atoms with Gasteiger partial charge in [-0.2, -0.15) is 0 Å². The fourth-order valence-electron chi connectivity index (χ4n) is 7.44. The van der Waals surface area contributed by atoms with Gasteiger partial charge in [0.25, 0.3) is 5.92 Å². The summed E-state index contributed by atoms with van der Waals surface area (Å²) in [5.41, 5.74) is 3.56. The molecule has 0 unspecified atom stereocenters. The van der Waals surface area contributed by atoms with Crippen LogP contribution in [0.5, 0.6) is 0 Å². The largest absolute Gasteiger partial charge is 0.453 e. The van der Waals surface area contributed by atoms with Crippen LogP contribution in [0.2, 0.25) is 0 Å². The number of methoxy groups -OCH3 is 2. The van der Waals surface area contributed by atoms with Crippen molar-refractivity contribution >= 4 is 40.5 Å². The molecule has 2 fully saturated rings. The molecule has 15 heteroatoms. The quantitative estimate of drug-likeness (QED) is 0.226. The summed E-state index contributed by atoms with van der Waals surface area (Å²) in [5.74, 6) is 2.60. The maximum atomic E-state index is 14.7. The van der Waals surface area contributed by atoms with E-state index in [0.29, 0.717) is 23.7 Å². The van der Waals surface area contributed by atoms with Crippen LogP contribution < -0.4 is 10.6 Å². The van der Waals surface area contributed by atoms with E-state index in [1.54, 1.807) is 31.1 Å². The highest BCUT2D eigenvalue weighted by atomic mass is 19.3. The third-order valence-electron chi connectivity index (χ3n) is 10.4. The number of allylic oxidation sites excluding steroid dienone is 1. The molecule has 0 radical (unpaired) electrons. The summed E-state index contributed by atoms with van der Waals surface area (Å²) in [6.07, 6.45) is 3.10. The number of halogens is 2. The molecule has 0 aliphatic carbocycles. The summed E-state index contributed by atoms with van der Waals surface area (Å²) in [5, 5.41) is 7.10. The van der Waals surface area contributed by atoms with Crippen molar-refractivity contribution in [3.05, 3.63) is 65.8 Å². The Morgan fingerprint density at radius 2 is 1.54 bits per heavy atom. The molecule has 2 aromatic carbocycles. The molecule has 4 atom stereocenters. The maximum Gasteiger partial charge on any atom is 0.407 e. The Kier molecular flexibility index (Phi) is 11.8. The standard InChI is InChI=1S/C41H47F2N7O6/c1-23(2)34(47-39(53)55-5)37(51)49-15-7-8-32(49)36-45-21-31(46-36)29-14-13-27-16-25(11-12-28(27)18-29)9-10-26-17-30(44-20-26)33-19-41(42,43)22-50(33)38(52)35(24(3)4)48-40(54)56-6/h11-14,16,18,20-21,23-24,32-35H,7-8,15,17,19,22H2,1-6H3,(H,45,46)(H,47,53)(H,48,54)/t32-,33-,34-,35-/m0/s1. The third-order valence-corrected chi connectivity index (χ3v) is 10.4. The average molecular weight is 772 g/mol. The minimum Gasteiger partial charge on any atom is -0.453 e. The predicted molar refractivity (Wildman–Crippen MR) is 206 cm³/mol. The lowest BCUT2D eigenvalue weighted by molar-refractivity contribution is -0.136. The number of nitrogens with zero attached hydrogens (tertiary/aromatic N) is 4. The normalized spacial score (nSPS) is 20.0. The molecule has 2 saturated heterocycles. The zero-order valence-corrected chi connectivity index (χ0v) is 32.3. The first-order chi connectivity index (χ1) is 26.7. The number of aromatic nitrogens is 2. The molecule has 3 aliphatic rings. The van der Waals surface area contributed by atoms with Crippen LogP contribution in [-0.2, 0) is 19.1 Å². The van der Waals surface area contributed by atoms with Gasteiger partial charge < -0.3 is 34.9 Å². The number of alkyl carbamates (subject to hydrolysis) is 2. The zero-order chi connectivity index (χ0) is 40.3. The number of hydrogen-bond donors (Lipinski definition) is 3. The maximum absolute atomic E-state index is 14.7. The van der Waals surface area contributed by atoms with Crippen LogP contribution in [0.15, 0.2) is 59.4 Å². The summed E-state index contributed by atoms with van der Waals surface area (Å²) in [7, 11) is 2.44. The number of likely N-dealkylation sites (tertiary alicyclic amines) is 2. The number of aliphatic imine (C=N–C) groups is 1. The van der Waals surface area contributed by atoms with Crippen LogP contribution >= 0.6 is 0 Å². The second-order valence-electron chi connectivity index (χ2n) is 15.1. The molecule has 0 bridgehead atoms. The molecular weight excluding hydrogens is 724 g/mol. The van der Waals surface area contributed by atoms with Crippen LogP contribution in [0.3, 0.4) is 0 Å². The molecule has 3 aliphatic heterocycles. The highest BCUT2D eigenvalue weighted by Crippen LogP contribution is 2.36. The van der Waals surface area contributed by atoms with Gasteiger partial charge in [-0.1, -0.05) is 57.7 Å². The number of rotatable bonds is 9. The molecule has 4 heterocycles. The first-order valence-electron chi connectivity index (χ1n) is 18.7. The second kappa shape index (κ2) is 16.5. The SMILES string of the molecule is COC(=O)N[C@H](C(=O)N1CC(F)(F)C[C@H]1C1=NC=C(C#Cc2ccc3cc(-c4cnc([C@@H]5CCCN5C(=O)[C@@H](NC(=O)OC)C(C)C)[nH]4)ccc3c2)C1)C(C)C. The van der Waals surface area contributed by atoms with Crippen LogP contribution in [0.1, 0.15) is 70.8 Å². The molecule has 0 spiro atoms. The Bertz CT molecular complexity index is 2130. The van der Waals surface area contributed by atoms with Gasteiger partial charge >= 0.3 is 12.2 Å². The van der Waals surface area contributed by atoms with Crippen molar-refractivity contribution in [3.8, 4) is 23.1 Å². The second-order valence-corrected chi connectivity index (χ2v) is 15.1. The molecule has 296 valence electrons. The minimum atomic E-state index is -3.10. The monoisotopic (exact) mass is 771 g/mol. The van der Waals surface area contributed by atoms with Crippen molar-refractivity contribution in [2.24, 2.45) is 16.8 Å². The van der Waals surface area contributed by atoms with E-state index in [-0.39, 0.29) is 30.2 Å². The van der Waals surface area contributed by atoms with Crippen LogP contribution in [0, 0.1) is 23.7 Å². The zero-order valence-electron chi connectivity index (χ0n) is 32.3. The molecule has 1 aromatic heterocycles. The van der Waals surface area contributed by atoms with E-state index in [2.05, 4.69) is 42.2 Å². The summed E-state index contributed by atoms with van der Waals surface area (Å²) in [4.78, 5) is 66.2. The number of nitrogens with one attached hydrogen (secondary N) is 3. The fourth-order valence-corrected chi connectivity index (χ4v) is 7.44. The van der Waals surface area contributed by atoms with Crippen molar-refractivity contribution in [1.82, 2.24) is 30.4 Å². The Morgan fingerprint density at radius 1 is 0.893 bits per heavy atom. The first-order valence-corrected chi connectivity index (χ1v) is 18.7. The number of H-pyrrole nitrogens is 1. The van der Waals surface area contributed by atoms with Gasteiger partial charge in [0, 0.05) is 48.0 Å². The van der Waals surface area contributed by atoms with Gasteiger partial charge in [-0.25, -0.2) is 23.4 Å². The van der Waals surface area contributed by atoms with Crippen LogP contribution in [-0.4, -0.2) is 101 Å². The number of alkyl halides is 2. The van der Waals surface area contributed by atoms with Crippen molar-refractivity contribution in [1.29, 1.82) is 0 Å². The van der Waals surface area contributed by atoms with Gasteiger partial charge in [-0.15, -0.1) is 0 Å². The molecule has 4 amide bonds. The summed E-state index contributed by atoms with van der Waals surface area (Å²) < 4.78 is 38.8. The lowest BCUT2D eigenvalue weighted by atomic mass is 9.99. The summed E-state index contributed by atoms with van der Waals surface area (Å²) in [6.45, 7) is 7.00. The highest BCUT2D eigenvalue weighted by Gasteiger charge is 2.50. The molecule has 6 rings (SSSR count). The Morgan fingerprint density at radius 3 is 2.20 bits per heavy atom. The molecular formula is C41H47F2N7O6. The van der Waals surface area contributed by atoms with Gasteiger partial charge in [0.1, 0.15) is 17.9 Å². The number of benzene rings is 2. The van der Waals surface area contributed by atoms with Crippen LogP contribution in [0.25, 0.3) is 22.0 Å². The topological polar surface area (TPSA) is 158 Å². The lowest BCUT2D eigenvalue weighted by Crippen LogP contribution is -2.54. The average Bonchev–Trinajstić information content (AvgIpc) is 4.00. The number of aromatic amines is 1. The Hall–Kier alpha value is -5.78. The molecule has 13 nitrogen and oxygen atoms in total. The van der Waals surface area contributed by atoms with Gasteiger partial charge in [0.2, 0.25) is 11.8 Å². The van der Waals surface area contributed by atoms with Gasteiger partial charge in [0.15, 0.2) is 0 Å². The summed E-state index contributed by atoms with van der Waals surface area (Å²) >= 11 is 0. The van der Waals surface area contributed by atoms with E-state index in [1.807, 2.05) is 50.2 Å². The van der Waals surface area contributed by atoms with E-state index in [0.717, 1.165) is 45.3 Å². The van der Waals surface area contributed by atoms with E-state index < -0.39 is 55.1 Å². The number of carbonyl (C=O) groups is 4. The van der Waals surface area contributed by atoms with E-state index in [1.165, 1.54) is 14.2 Å². The lowest BCUT2D eigenvalue weighted by Gasteiger charge is -2.30. The number of fused-ring (bicyclic) bond motifs is 1. The third kappa shape index (κ3) is 8.69. The number of carbonyl (C=O) groups excluding carboxylic acids is 4. The molecule has 3 N–H and O–H groups in total. The number of hydrogen-bond acceptors (Lipinski definition) is 8. The Balaban J connectivity index is 1.11. The summed E-state index contributed by atoms with van der Waals surface area (Å²) in [6, 6.07) is 8.95. The van der Waals surface area contributed by atoms with E-state index in [4.69, 9.17) is 4.74 Å². The molecule has 3 aromatic rings. The van der Waals surface area contributed by atoms with Crippen molar-refractivity contribution in [3.63, 3.8) is 0 Å². The molecule has 0 saturated carbocycles. The number of ether oxygens (including phenoxy) is 2. The van der Waals surface area contributed by atoms with Crippen LogP contribution in [0.4, 0.5) is 18.4 Å². The van der Waals surface area contributed by atoms with Crippen molar-refractivity contribution in [2.45, 2.75) is 83.5 Å². The van der Waals surface area contributed by atoms with Gasteiger partial charge in [-0.05, 0) is 53.6 Å². The number of amides is 4. The Labute approximate surface area is 324 Å². The smallest absolute Gasteiger partial charge is 0.407 e. The van der Waals surface area contributed by atoms with Crippen molar-refractivity contribution < 1.29 is 37.4 Å². The first kappa shape index (κ1) is 39.9. The van der Waals surface area contributed by atoms with E-state index >= 15 is 0 Å². The van der Waals surface area contributed by atoms with E-state index in [9.17, 15) is 28.0 Å². The number of imidazole rings is 1. The minimum absolute atomic E-state index is 0.131. The highest BCUT2D eigenvalue weighted by molar-refractivity contribution is 5.99. The molecule has 56 heavy (non-hydrogen) atoms. The van der Waals surface area contributed by atoms with Gasteiger partial charge in [0.05, 0.1) is 44.7 Å².